The molecule has 0 saturated heterocycles. The van der Waals surface area contributed by atoms with Gasteiger partial charge in [0.2, 0.25) is 0 Å². The molecule has 0 atom stereocenters. The molecule has 0 heterocycles. The number of halogens is 1. The molecule has 4 nitrogen and oxygen atoms in total. The number of aromatic carboxylic acids is 1. The Kier molecular flexibility index (Phi) is 3.53. The standard InChI is InChI=1S/C13H10BrNO3/c14-8-1-4-10(5-2-8)18-12-6-3-9(15)7-11(12)13(16)17/h1-7H,15H2,(H,16,17). The van der Waals surface area contributed by atoms with Gasteiger partial charge >= 0.3 is 5.97 Å². The van der Waals surface area contributed by atoms with E-state index in [9.17, 15) is 4.79 Å². The summed E-state index contributed by atoms with van der Waals surface area (Å²) in [5, 5.41) is 9.07. The summed E-state index contributed by atoms with van der Waals surface area (Å²) in [6, 6.07) is 11.6. The van der Waals surface area contributed by atoms with Crippen molar-refractivity contribution in [2.24, 2.45) is 0 Å². The molecule has 2 aromatic carbocycles. The minimum atomic E-state index is -1.07. The second-order valence-corrected chi connectivity index (χ2v) is 4.53. The lowest BCUT2D eigenvalue weighted by atomic mass is 10.2. The minimum Gasteiger partial charge on any atom is -0.478 e. The fourth-order valence-electron chi connectivity index (χ4n) is 1.43. The van der Waals surface area contributed by atoms with Gasteiger partial charge in [-0.05, 0) is 42.5 Å². The second kappa shape index (κ2) is 5.10. The zero-order valence-corrected chi connectivity index (χ0v) is 10.8. The summed E-state index contributed by atoms with van der Waals surface area (Å²) in [5.74, 6) is -0.251. The van der Waals surface area contributed by atoms with Gasteiger partial charge in [-0.2, -0.15) is 0 Å². The van der Waals surface area contributed by atoms with Crippen LogP contribution in [0.3, 0.4) is 0 Å². The van der Waals surface area contributed by atoms with Crippen LogP contribution in [0.4, 0.5) is 5.69 Å². The number of rotatable bonds is 3. The zero-order valence-electron chi connectivity index (χ0n) is 9.26. The Balaban J connectivity index is 2.34. The maximum Gasteiger partial charge on any atom is 0.339 e. The molecule has 0 spiro atoms. The van der Waals surface area contributed by atoms with E-state index in [0.29, 0.717) is 11.4 Å². The van der Waals surface area contributed by atoms with Gasteiger partial charge < -0.3 is 15.6 Å². The molecule has 2 aromatic rings. The van der Waals surface area contributed by atoms with Crippen molar-refractivity contribution in [1.29, 1.82) is 0 Å². The van der Waals surface area contributed by atoms with Crippen molar-refractivity contribution in [2.75, 3.05) is 5.73 Å². The Hall–Kier alpha value is -2.01. The quantitative estimate of drug-likeness (QED) is 0.851. The van der Waals surface area contributed by atoms with Crippen LogP contribution in [-0.2, 0) is 0 Å². The molecule has 0 fully saturated rings. The Morgan fingerprint density at radius 1 is 1.17 bits per heavy atom. The van der Waals surface area contributed by atoms with E-state index in [1.165, 1.54) is 6.07 Å². The number of hydrogen-bond donors (Lipinski definition) is 2. The van der Waals surface area contributed by atoms with Crippen molar-refractivity contribution in [3.05, 3.63) is 52.5 Å². The van der Waals surface area contributed by atoms with E-state index >= 15 is 0 Å². The smallest absolute Gasteiger partial charge is 0.339 e. The van der Waals surface area contributed by atoms with Crippen molar-refractivity contribution < 1.29 is 14.6 Å². The van der Waals surface area contributed by atoms with Crippen LogP contribution >= 0.6 is 15.9 Å². The molecule has 0 aromatic heterocycles. The fraction of sp³-hybridized carbons (Fsp3) is 0. The molecular weight excluding hydrogens is 298 g/mol. The minimum absolute atomic E-state index is 0.0397. The van der Waals surface area contributed by atoms with Gasteiger partial charge in [-0.25, -0.2) is 4.79 Å². The van der Waals surface area contributed by atoms with Crippen LogP contribution in [0.2, 0.25) is 0 Å². The summed E-state index contributed by atoms with van der Waals surface area (Å²) in [4.78, 5) is 11.1. The predicted molar refractivity (Wildman–Crippen MR) is 72.0 cm³/mol. The van der Waals surface area contributed by atoms with E-state index in [-0.39, 0.29) is 11.3 Å². The third-order valence-electron chi connectivity index (χ3n) is 2.28. The third-order valence-corrected chi connectivity index (χ3v) is 2.80. The van der Waals surface area contributed by atoms with Crippen LogP contribution in [0.15, 0.2) is 46.9 Å². The highest BCUT2D eigenvalue weighted by Gasteiger charge is 2.12. The molecule has 3 N–H and O–H groups in total. The summed E-state index contributed by atoms with van der Waals surface area (Å²) in [5.41, 5.74) is 5.98. The average Bonchev–Trinajstić information content (AvgIpc) is 2.34. The second-order valence-electron chi connectivity index (χ2n) is 3.62. The Bertz CT molecular complexity index is 581. The highest BCUT2D eigenvalue weighted by Crippen LogP contribution is 2.28. The maximum atomic E-state index is 11.1. The van der Waals surface area contributed by atoms with E-state index in [1.807, 2.05) is 12.1 Å². The van der Waals surface area contributed by atoms with Crippen molar-refractivity contribution >= 4 is 27.6 Å². The van der Waals surface area contributed by atoms with Gasteiger partial charge in [-0.15, -0.1) is 0 Å². The topological polar surface area (TPSA) is 72.5 Å². The summed E-state index contributed by atoms with van der Waals surface area (Å²) < 4.78 is 6.45. The maximum absolute atomic E-state index is 11.1. The number of hydrogen-bond acceptors (Lipinski definition) is 3. The zero-order chi connectivity index (χ0) is 13.1. The molecule has 0 unspecified atom stereocenters. The molecule has 0 bridgehead atoms. The Morgan fingerprint density at radius 2 is 1.83 bits per heavy atom. The van der Waals surface area contributed by atoms with Crippen molar-refractivity contribution in [3.63, 3.8) is 0 Å². The third kappa shape index (κ3) is 2.81. The van der Waals surface area contributed by atoms with E-state index in [1.54, 1.807) is 24.3 Å². The summed E-state index contributed by atoms with van der Waals surface area (Å²) in [6.45, 7) is 0. The first-order valence-corrected chi connectivity index (χ1v) is 5.92. The van der Waals surface area contributed by atoms with Crippen molar-refractivity contribution in [2.45, 2.75) is 0 Å². The number of benzene rings is 2. The molecule has 0 aliphatic carbocycles. The van der Waals surface area contributed by atoms with Crippen molar-refractivity contribution in [1.82, 2.24) is 0 Å². The van der Waals surface area contributed by atoms with Crippen molar-refractivity contribution in [3.8, 4) is 11.5 Å². The van der Waals surface area contributed by atoms with E-state index in [0.717, 1.165) is 4.47 Å². The van der Waals surface area contributed by atoms with E-state index in [2.05, 4.69) is 15.9 Å². The van der Waals surface area contributed by atoms with Crippen LogP contribution in [-0.4, -0.2) is 11.1 Å². The largest absolute Gasteiger partial charge is 0.478 e. The SMILES string of the molecule is Nc1ccc(Oc2ccc(Br)cc2)c(C(=O)O)c1. The van der Waals surface area contributed by atoms with Crippen LogP contribution < -0.4 is 10.5 Å². The normalized spacial score (nSPS) is 10.1. The predicted octanol–water partition coefficient (Wildman–Crippen LogP) is 3.52. The highest BCUT2D eigenvalue weighted by molar-refractivity contribution is 9.10. The lowest BCUT2D eigenvalue weighted by Crippen LogP contribution is -2.01. The van der Waals surface area contributed by atoms with Gasteiger partial charge in [0.25, 0.3) is 0 Å². The first-order chi connectivity index (χ1) is 8.56. The molecule has 0 aliphatic heterocycles. The number of nitrogens with two attached hydrogens (primary N) is 1. The Labute approximate surface area is 112 Å². The lowest BCUT2D eigenvalue weighted by Gasteiger charge is -2.09. The highest BCUT2D eigenvalue weighted by atomic mass is 79.9. The molecule has 0 aliphatic rings. The van der Waals surface area contributed by atoms with Gasteiger partial charge in [0.05, 0.1) is 0 Å². The number of carboxylic acid groups (broad SMARTS) is 1. The Morgan fingerprint density at radius 3 is 2.44 bits per heavy atom. The van der Waals surface area contributed by atoms with Gasteiger partial charge in [0, 0.05) is 10.2 Å². The molecule has 5 heteroatoms. The van der Waals surface area contributed by atoms with E-state index < -0.39 is 5.97 Å². The molecule has 0 amide bonds. The van der Waals surface area contributed by atoms with E-state index in [4.69, 9.17) is 15.6 Å². The molecule has 92 valence electrons. The molecule has 0 radical (unpaired) electrons. The van der Waals surface area contributed by atoms with Gasteiger partial charge in [-0.1, -0.05) is 15.9 Å². The monoisotopic (exact) mass is 307 g/mol. The molecule has 0 saturated carbocycles. The van der Waals surface area contributed by atoms with Crippen LogP contribution in [0.25, 0.3) is 0 Å². The van der Waals surface area contributed by atoms with Crippen LogP contribution in [0.5, 0.6) is 11.5 Å². The van der Waals surface area contributed by atoms with Gasteiger partial charge in [0.15, 0.2) is 0 Å². The van der Waals surface area contributed by atoms with Gasteiger partial charge in [0.1, 0.15) is 17.1 Å². The average molecular weight is 308 g/mol. The fourth-order valence-corrected chi connectivity index (χ4v) is 1.70. The molecule has 18 heavy (non-hydrogen) atoms. The summed E-state index contributed by atoms with van der Waals surface area (Å²) in [6.07, 6.45) is 0. The number of carbonyl (C=O) groups is 1. The summed E-state index contributed by atoms with van der Waals surface area (Å²) in [7, 11) is 0. The van der Waals surface area contributed by atoms with Crippen LogP contribution in [0.1, 0.15) is 10.4 Å². The lowest BCUT2D eigenvalue weighted by molar-refractivity contribution is 0.0694. The summed E-state index contributed by atoms with van der Waals surface area (Å²) >= 11 is 3.31. The van der Waals surface area contributed by atoms with Gasteiger partial charge in [-0.3, -0.25) is 0 Å². The first kappa shape index (κ1) is 12.4. The number of nitrogen functional groups attached to an aromatic ring is 1. The molecule has 2 rings (SSSR count). The number of ether oxygens (including phenoxy) is 1. The van der Waals surface area contributed by atoms with Crippen LogP contribution in [0, 0.1) is 0 Å². The first-order valence-electron chi connectivity index (χ1n) is 5.12. The number of anilines is 1. The number of carboxylic acids is 1. The molecular formula is C13H10BrNO3.